The molecule has 0 radical (unpaired) electrons. The third-order valence-corrected chi connectivity index (χ3v) is 2.89. The van der Waals surface area contributed by atoms with Crippen molar-refractivity contribution in [2.24, 2.45) is 11.7 Å². The van der Waals surface area contributed by atoms with Crippen molar-refractivity contribution in [3.05, 3.63) is 34.9 Å². The highest BCUT2D eigenvalue weighted by molar-refractivity contribution is 6.01. The van der Waals surface area contributed by atoms with Crippen LogP contribution in [-0.2, 0) is 0 Å². The van der Waals surface area contributed by atoms with Gasteiger partial charge < -0.3 is 5.73 Å². The first-order valence-corrected chi connectivity index (χ1v) is 5.31. The number of hydrogen-bond acceptors (Lipinski definition) is 2. The number of carbonyl (C=O) groups excluding carboxylic acids is 1. The number of hydrogen-bond donors (Lipinski definition) is 1. The zero-order valence-corrected chi connectivity index (χ0v) is 9.87. The summed E-state index contributed by atoms with van der Waals surface area (Å²) in [6.07, 6.45) is 0. The van der Waals surface area contributed by atoms with Gasteiger partial charge in [-0.3, -0.25) is 4.79 Å². The van der Waals surface area contributed by atoms with Crippen LogP contribution >= 0.6 is 0 Å². The second kappa shape index (κ2) is 4.58. The summed E-state index contributed by atoms with van der Waals surface area (Å²) in [5.41, 5.74) is 8.80. The predicted molar refractivity (Wildman–Crippen MR) is 63.1 cm³/mol. The number of rotatable bonds is 3. The van der Waals surface area contributed by atoms with Crippen LogP contribution in [0.15, 0.2) is 18.2 Å². The van der Waals surface area contributed by atoms with E-state index in [0.717, 1.165) is 16.7 Å². The Bertz CT molecular complexity index is 369. The highest BCUT2D eigenvalue weighted by Crippen LogP contribution is 2.16. The van der Waals surface area contributed by atoms with Crippen molar-refractivity contribution in [3.63, 3.8) is 0 Å². The minimum Gasteiger partial charge on any atom is -0.321 e. The average Bonchev–Trinajstić information content (AvgIpc) is 2.20. The summed E-state index contributed by atoms with van der Waals surface area (Å²) in [4.78, 5) is 12.0. The summed E-state index contributed by atoms with van der Waals surface area (Å²) < 4.78 is 0. The van der Waals surface area contributed by atoms with Crippen LogP contribution in [0.4, 0.5) is 0 Å². The van der Waals surface area contributed by atoms with Gasteiger partial charge in [0.2, 0.25) is 0 Å². The third kappa shape index (κ3) is 2.45. The van der Waals surface area contributed by atoms with Crippen molar-refractivity contribution in [2.75, 3.05) is 0 Å². The largest absolute Gasteiger partial charge is 0.321 e. The molecule has 1 aromatic rings. The molecule has 2 heteroatoms. The molecular weight excluding hydrogens is 186 g/mol. The van der Waals surface area contributed by atoms with E-state index in [2.05, 4.69) is 0 Å². The molecule has 0 amide bonds. The van der Waals surface area contributed by atoms with Crippen LogP contribution in [0, 0.1) is 19.8 Å². The van der Waals surface area contributed by atoms with E-state index in [9.17, 15) is 4.79 Å². The Morgan fingerprint density at radius 1 is 1.27 bits per heavy atom. The maximum absolute atomic E-state index is 12.0. The van der Waals surface area contributed by atoms with Crippen molar-refractivity contribution >= 4 is 5.78 Å². The summed E-state index contributed by atoms with van der Waals surface area (Å²) in [5.74, 6) is 0.226. The van der Waals surface area contributed by atoms with Crippen LogP contribution in [0.2, 0.25) is 0 Å². The predicted octanol–water partition coefficient (Wildman–Crippen LogP) is 2.47. The number of aryl methyl sites for hydroxylation is 1. The highest BCUT2D eigenvalue weighted by Gasteiger charge is 2.20. The Balaban J connectivity index is 3.07. The molecule has 0 aromatic heterocycles. The lowest BCUT2D eigenvalue weighted by Crippen LogP contribution is -2.35. The average molecular weight is 205 g/mol. The van der Waals surface area contributed by atoms with Gasteiger partial charge in [-0.2, -0.15) is 0 Å². The van der Waals surface area contributed by atoms with E-state index in [4.69, 9.17) is 5.73 Å². The third-order valence-electron chi connectivity index (χ3n) is 2.89. The molecule has 0 unspecified atom stereocenters. The molecule has 0 aliphatic rings. The quantitative estimate of drug-likeness (QED) is 0.770. The smallest absolute Gasteiger partial charge is 0.180 e. The van der Waals surface area contributed by atoms with Gasteiger partial charge in [0.05, 0.1) is 6.04 Å². The molecule has 0 aliphatic carbocycles. The minimum absolute atomic E-state index is 0.0474. The van der Waals surface area contributed by atoms with Crippen molar-refractivity contribution < 1.29 is 4.79 Å². The van der Waals surface area contributed by atoms with Crippen molar-refractivity contribution in [3.8, 4) is 0 Å². The first kappa shape index (κ1) is 11.9. The molecule has 2 nitrogen and oxygen atoms in total. The zero-order chi connectivity index (χ0) is 11.6. The Hall–Kier alpha value is -1.15. The van der Waals surface area contributed by atoms with Crippen LogP contribution < -0.4 is 5.73 Å². The van der Waals surface area contributed by atoms with Gasteiger partial charge in [-0.05, 0) is 30.9 Å². The fourth-order valence-electron chi connectivity index (χ4n) is 1.50. The van der Waals surface area contributed by atoms with Crippen LogP contribution in [0.1, 0.15) is 35.3 Å². The van der Waals surface area contributed by atoms with Crippen molar-refractivity contribution in [1.29, 1.82) is 0 Å². The summed E-state index contributed by atoms with van der Waals surface area (Å²) in [5, 5.41) is 0. The number of carbonyl (C=O) groups is 1. The van der Waals surface area contributed by atoms with Gasteiger partial charge >= 0.3 is 0 Å². The zero-order valence-electron chi connectivity index (χ0n) is 9.87. The second-order valence-corrected chi connectivity index (χ2v) is 4.38. The maximum Gasteiger partial charge on any atom is 0.180 e. The van der Waals surface area contributed by atoms with Crippen molar-refractivity contribution in [1.82, 2.24) is 0 Å². The van der Waals surface area contributed by atoms with Crippen LogP contribution in [0.3, 0.4) is 0 Å². The monoisotopic (exact) mass is 205 g/mol. The SMILES string of the molecule is Cc1cccc(C(=O)[C@@H](N)C(C)C)c1C. The van der Waals surface area contributed by atoms with Gasteiger partial charge in [0.25, 0.3) is 0 Å². The van der Waals surface area contributed by atoms with Gasteiger partial charge in [-0.15, -0.1) is 0 Å². The van der Waals surface area contributed by atoms with E-state index in [0.29, 0.717) is 0 Å². The molecule has 0 spiro atoms. The van der Waals surface area contributed by atoms with Gasteiger partial charge in [-0.1, -0.05) is 32.0 Å². The normalized spacial score (nSPS) is 12.9. The minimum atomic E-state index is -0.398. The fraction of sp³-hybridized carbons (Fsp3) is 0.462. The molecule has 0 aliphatic heterocycles. The number of ketones is 1. The van der Waals surface area contributed by atoms with E-state index in [-0.39, 0.29) is 11.7 Å². The van der Waals surface area contributed by atoms with Crippen molar-refractivity contribution in [2.45, 2.75) is 33.7 Å². The lowest BCUT2D eigenvalue weighted by Gasteiger charge is -2.16. The van der Waals surface area contributed by atoms with E-state index in [1.165, 1.54) is 0 Å². The number of Topliss-reactive ketones (excluding diaryl/α,β-unsaturated/α-hetero) is 1. The molecule has 15 heavy (non-hydrogen) atoms. The molecular formula is C13H19NO. The second-order valence-electron chi connectivity index (χ2n) is 4.38. The van der Waals surface area contributed by atoms with Gasteiger partial charge in [0, 0.05) is 5.56 Å². The van der Waals surface area contributed by atoms with Crippen LogP contribution in [-0.4, -0.2) is 11.8 Å². The van der Waals surface area contributed by atoms with E-state index < -0.39 is 6.04 Å². The first-order chi connectivity index (χ1) is 6.95. The molecule has 0 heterocycles. The topological polar surface area (TPSA) is 43.1 Å². The Labute approximate surface area is 91.5 Å². The highest BCUT2D eigenvalue weighted by atomic mass is 16.1. The fourth-order valence-corrected chi connectivity index (χ4v) is 1.50. The lowest BCUT2D eigenvalue weighted by molar-refractivity contribution is 0.0940. The van der Waals surface area contributed by atoms with E-state index >= 15 is 0 Å². The van der Waals surface area contributed by atoms with E-state index in [1.54, 1.807) is 0 Å². The maximum atomic E-state index is 12.0. The standard InChI is InChI=1S/C13H19NO/c1-8(2)12(14)13(15)11-7-5-6-9(3)10(11)4/h5-8,12H,14H2,1-4H3/t12-/m0/s1. The first-order valence-electron chi connectivity index (χ1n) is 5.31. The Morgan fingerprint density at radius 3 is 2.40 bits per heavy atom. The number of nitrogens with two attached hydrogens (primary N) is 1. The van der Waals surface area contributed by atoms with Crippen LogP contribution in [0.25, 0.3) is 0 Å². The Kier molecular flexibility index (Phi) is 3.64. The van der Waals surface area contributed by atoms with E-state index in [1.807, 2.05) is 45.9 Å². The summed E-state index contributed by atoms with van der Waals surface area (Å²) in [6, 6.07) is 5.37. The molecule has 1 rings (SSSR count). The summed E-state index contributed by atoms with van der Waals surface area (Å²) in [7, 11) is 0. The van der Waals surface area contributed by atoms with Gasteiger partial charge in [0.1, 0.15) is 0 Å². The molecule has 0 saturated heterocycles. The molecule has 0 fully saturated rings. The lowest BCUT2D eigenvalue weighted by atomic mass is 9.92. The van der Waals surface area contributed by atoms with Gasteiger partial charge in [0.15, 0.2) is 5.78 Å². The molecule has 1 aromatic carbocycles. The molecule has 0 bridgehead atoms. The van der Waals surface area contributed by atoms with Gasteiger partial charge in [-0.25, -0.2) is 0 Å². The molecule has 82 valence electrons. The molecule has 2 N–H and O–H groups in total. The summed E-state index contributed by atoms with van der Waals surface area (Å²) in [6.45, 7) is 7.91. The Morgan fingerprint density at radius 2 is 1.87 bits per heavy atom. The number of benzene rings is 1. The summed E-state index contributed by atoms with van der Waals surface area (Å²) >= 11 is 0. The molecule has 1 atom stereocenters. The van der Waals surface area contributed by atoms with Crippen LogP contribution in [0.5, 0.6) is 0 Å². The molecule has 0 saturated carbocycles.